The minimum atomic E-state index is 0.437. The molecule has 1 aliphatic carbocycles. The molecule has 2 heterocycles. The first kappa shape index (κ1) is 11.9. The van der Waals surface area contributed by atoms with Crippen LogP contribution in [0.15, 0.2) is 0 Å². The Bertz CT molecular complexity index is 259. The van der Waals surface area contributed by atoms with Gasteiger partial charge < -0.3 is 10.5 Å². The van der Waals surface area contributed by atoms with Gasteiger partial charge in [0.25, 0.3) is 0 Å². The maximum Gasteiger partial charge on any atom is 0.0707 e. The van der Waals surface area contributed by atoms with Crippen molar-refractivity contribution in [2.45, 2.75) is 57.3 Å². The van der Waals surface area contributed by atoms with E-state index in [0.29, 0.717) is 18.2 Å². The van der Waals surface area contributed by atoms with Crippen molar-refractivity contribution in [3.05, 3.63) is 0 Å². The normalized spacial score (nSPS) is 47.3. The van der Waals surface area contributed by atoms with Gasteiger partial charge in [0, 0.05) is 25.7 Å². The lowest BCUT2D eigenvalue weighted by molar-refractivity contribution is -0.0455. The lowest BCUT2D eigenvalue weighted by atomic mass is 9.79. The summed E-state index contributed by atoms with van der Waals surface area (Å²) in [6, 6.07) is 0.437. The number of hydrogen-bond acceptors (Lipinski definition) is 3. The summed E-state index contributed by atoms with van der Waals surface area (Å²) in [6.07, 6.45) is 7.46. The Balaban J connectivity index is 1.55. The zero-order valence-electron chi connectivity index (χ0n) is 11.0. The summed E-state index contributed by atoms with van der Waals surface area (Å²) >= 11 is 0. The van der Waals surface area contributed by atoms with E-state index in [9.17, 15) is 0 Å². The fourth-order valence-corrected chi connectivity index (χ4v) is 3.91. The third-order valence-corrected chi connectivity index (χ3v) is 4.92. The van der Waals surface area contributed by atoms with E-state index >= 15 is 0 Å². The van der Waals surface area contributed by atoms with Crippen molar-refractivity contribution in [1.82, 2.24) is 4.90 Å². The van der Waals surface area contributed by atoms with E-state index in [4.69, 9.17) is 10.5 Å². The summed E-state index contributed by atoms with van der Waals surface area (Å²) < 4.78 is 5.89. The van der Waals surface area contributed by atoms with Gasteiger partial charge in [0.05, 0.1) is 12.2 Å². The number of morpholine rings is 1. The predicted molar refractivity (Wildman–Crippen MR) is 68.8 cm³/mol. The lowest BCUT2D eigenvalue weighted by Crippen LogP contribution is -2.48. The van der Waals surface area contributed by atoms with Gasteiger partial charge in [0.1, 0.15) is 0 Å². The molecular formula is C14H26N2O. The van der Waals surface area contributed by atoms with Crippen LogP contribution >= 0.6 is 0 Å². The average molecular weight is 238 g/mol. The second kappa shape index (κ2) is 4.87. The lowest BCUT2D eigenvalue weighted by Gasteiger charge is -2.39. The van der Waals surface area contributed by atoms with Crippen molar-refractivity contribution >= 4 is 0 Å². The summed E-state index contributed by atoms with van der Waals surface area (Å²) in [5.74, 6) is 1.59. The van der Waals surface area contributed by atoms with Gasteiger partial charge in [-0.3, -0.25) is 4.90 Å². The van der Waals surface area contributed by atoms with Gasteiger partial charge in [0.2, 0.25) is 0 Å². The van der Waals surface area contributed by atoms with Crippen LogP contribution in [0.3, 0.4) is 0 Å². The number of rotatable bonds is 2. The van der Waals surface area contributed by atoms with Gasteiger partial charge in [-0.15, -0.1) is 0 Å². The monoisotopic (exact) mass is 238 g/mol. The van der Waals surface area contributed by atoms with E-state index in [1.807, 2.05) is 0 Å². The van der Waals surface area contributed by atoms with Crippen LogP contribution in [0.2, 0.25) is 0 Å². The van der Waals surface area contributed by atoms with Gasteiger partial charge in [-0.05, 0) is 43.9 Å². The molecule has 3 rings (SSSR count). The highest BCUT2D eigenvalue weighted by Gasteiger charge is 2.36. The summed E-state index contributed by atoms with van der Waals surface area (Å²) in [4.78, 5) is 2.62. The number of nitrogens with two attached hydrogens (primary N) is 1. The largest absolute Gasteiger partial charge is 0.372 e. The summed E-state index contributed by atoms with van der Waals surface area (Å²) in [6.45, 7) is 5.88. The molecule has 3 fully saturated rings. The molecule has 2 aliphatic heterocycles. The first-order valence-electron chi connectivity index (χ1n) is 7.34. The van der Waals surface area contributed by atoms with E-state index in [1.165, 1.54) is 38.6 Å². The van der Waals surface area contributed by atoms with Crippen molar-refractivity contribution in [1.29, 1.82) is 0 Å². The maximum atomic E-state index is 6.29. The average Bonchev–Trinajstić information content (AvgIpc) is 2.63. The van der Waals surface area contributed by atoms with Crippen LogP contribution in [0.25, 0.3) is 0 Å². The quantitative estimate of drug-likeness (QED) is 0.794. The van der Waals surface area contributed by atoms with Crippen molar-refractivity contribution < 1.29 is 4.74 Å². The number of nitrogens with zero attached hydrogens (tertiary/aromatic N) is 1. The Morgan fingerprint density at radius 1 is 1.12 bits per heavy atom. The fourth-order valence-electron chi connectivity index (χ4n) is 3.91. The van der Waals surface area contributed by atoms with Crippen LogP contribution in [0.4, 0.5) is 0 Å². The molecule has 0 aromatic rings. The second-order valence-corrected chi connectivity index (χ2v) is 6.52. The smallest absolute Gasteiger partial charge is 0.0707 e. The Morgan fingerprint density at radius 3 is 2.53 bits per heavy atom. The molecule has 0 spiro atoms. The van der Waals surface area contributed by atoms with E-state index < -0.39 is 0 Å². The molecule has 0 aromatic heterocycles. The van der Waals surface area contributed by atoms with E-state index in [1.54, 1.807) is 0 Å². The van der Waals surface area contributed by atoms with Gasteiger partial charge in [-0.25, -0.2) is 0 Å². The van der Waals surface area contributed by atoms with Gasteiger partial charge in [0.15, 0.2) is 0 Å². The van der Waals surface area contributed by atoms with Gasteiger partial charge in [-0.2, -0.15) is 0 Å². The van der Waals surface area contributed by atoms with Gasteiger partial charge in [-0.1, -0.05) is 6.92 Å². The summed E-state index contributed by atoms with van der Waals surface area (Å²) in [5, 5.41) is 0. The molecule has 0 radical (unpaired) electrons. The molecule has 0 aromatic carbocycles. The Kier molecular flexibility index (Phi) is 3.42. The Hall–Kier alpha value is -0.120. The minimum Gasteiger partial charge on any atom is -0.372 e. The highest BCUT2D eigenvalue weighted by Crippen LogP contribution is 2.31. The van der Waals surface area contributed by atoms with Crippen LogP contribution in [-0.4, -0.2) is 42.8 Å². The minimum absolute atomic E-state index is 0.437. The van der Waals surface area contributed by atoms with Crippen LogP contribution in [0, 0.1) is 11.8 Å². The highest BCUT2D eigenvalue weighted by molar-refractivity contribution is 4.89. The number of fused-ring (bicyclic) bond motifs is 2. The topological polar surface area (TPSA) is 38.5 Å². The van der Waals surface area contributed by atoms with Crippen molar-refractivity contribution in [2.24, 2.45) is 17.6 Å². The molecule has 5 unspecified atom stereocenters. The Morgan fingerprint density at radius 2 is 1.82 bits per heavy atom. The molecule has 2 bridgehead atoms. The van der Waals surface area contributed by atoms with Crippen molar-refractivity contribution in [2.75, 3.05) is 19.6 Å². The highest BCUT2D eigenvalue weighted by atomic mass is 16.5. The number of likely N-dealkylation sites (tertiary alicyclic amines) is 1. The third-order valence-electron chi connectivity index (χ3n) is 4.92. The standard InChI is InChI=1S/C14H26N2O/c1-10-2-5-14(15)11(6-10)7-16-8-12-3-4-13(9-16)17-12/h10-14H,2-9,15H2,1H3. The van der Waals surface area contributed by atoms with Crippen LogP contribution in [0.5, 0.6) is 0 Å². The van der Waals surface area contributed by atoms with E-state index in [2.05, 4.69) is 11.8 Å². The Labute approximate surface area is 105 Å². The second-order valence-electron chi connectivity index (χ2n) is 6.52. The first-order chi connectivity index (χ1) is 8.20. The zero-order valence-corrected chi connectivity index (χ0v) is 11.0. The van der Waals surface area contributed by atoms with Gasteiger partial charge >= 0.3 is 0 Å². The summed E-state index contributed by atoms with van der Waals surface area (Å²) in [7, 11) is 0. The summed E-state index contributed by atoms with van der Waals surface area (Å²) in [5.41, 5.74) is 6.29. The van der Waals surface area contributed by atoms with Crippen LogP contribution in [0.1, 0.15) is 39.0 Å². The molecule has 2 N–H and O–H groups in total. The fraction of sp³-hybridized carbons (Fsp3) is 1.00. The molecule has 0 amide bonds. The first-order valence-corrected chi connectivity index (χ1v) is 7.34. The van der Waals surface area contributed by atoms with Crippen molar-refractivity contribution in [3.8, 4) is 0 Å². The zero-order chi connectivity index (χ0) is 11.8. The van der Waals surface area contributed by atoms with Crippen LogP contribution < -0.4 is 5.73 Å². The number of ether oxygens (including phenoxy) is 1. The van der Waals surface area contributed by atoms with Crippen LogP contribution in [-0.2, 0) is 4.74 Å². The third kappa shape index (κ3) is 2.67. The molecule has 17 heavy (non-hydrogen) atoms. The molecule has 2 saturated heterocycles. The molecular weight excluding hydrogens is 212 g/mol. The molecule has 98 valence electrons. The predicted octanol–water partition coefficient (Wildman–Crippen LogP) is 1.61. The van der Waals surface area contributed by atoms with Crippen molar-refractivity contribution in [3.63, 3.8) is 0 Å². The molecule has 5 atom stereocenters. The number of hydrogen-bond donors (Lipinski definition) is 1. The maximum absolute atomic E-state index is 6.29. The molecule has 3 aliphatic rings. The molecule has 1 saturated carbocycles. The van der Waals surface area contributed by atoms with E-state index in [0.717, 1.165) is 24.9 Å². The molecule has 3 heteroatoms. The molecule has 3 nitrogen and oxygen atoms in total. The van der Waals surface area contributed by atoms with E-state index in [-0.39, 0.29) is 0 Å². The SMILES string of the molecule is CC1CCC(N)C(CN2CC3CCC(C2)O3)C1.